The third-order valence-corrected chi connectivity index (χ3v) is 11.8. The molecule has 1 unspecified atom stereocenters. The molecule has 2 aromatic carbocycles. The number of hydrogen-bond donors (Lipinski definition) is 5. The summed E-state index contributed by atoms with van der Waals surface area (Å²) in [6, 6.07) is 14.0. The lowest BCUT2D eigenvalue weighted by molar-refractivity contribution is -0.136. The number of ether oxygens (including phenoxy) is 4. The van der Waals surface area contributed by atoms with Gasteiger partial charge in [0, 0.05) is 54.2 Å². The maximum atomic E-state index is 13.2. The summed E-state index contributed by atoms with van der Waals surface area (Å²) in [5.41, 5.74) is 10.4. The number of rotatable bonds is 21. The molecule has 0 bridgehead atoms. The van der Waals surface area contributed by atoms with Crippen LogP contribution in [-0.2, 0) is 41.5 Å². The number of pyridine rings is 1. The van der Waals surface area contributed by atoms with E-state index >= 15 is 0 Å². The van der Waals surface area contributed by atoms with Crippen LogP contribution in [0.15, 0.2) is 65.8 Å². The van der Waals surface area contributed by atoms with Crippen LogP contribution in [0.1, 0.15) is 64.9 Å². The van der Waals surface area contributed by atoms with Crippen molar-refractivity contribution in [1.82, 2.24) is 29.7 Å². The molecule has 6 N–H and O–H groups in total. The first-order valence-electron chi connectivity index (χ1n) is 21.6. The second kappa shape index (κ2) is 20.4. The monoisotopic (exact) mass is 863 g/mol. The number of aromatic nitrogens is 4. The molecule has 1 saturated carbocycles. The first-order valence-corrected chi connectivity index (χ1v) is 21.6. The van der Waals surface area contributed by atoms with Gasteiger partial charge in [-0.1, -0.05) is 25.0 Å². The van der Waals surface area contributed by atoms with Gasteiger partial charge in [-0.15, -0.1) is 0 Å². The molecule has 3 aromatic heterocycles. The third kappa shape index (κ3) is 10.1. The zero-order valence-corrected chi connectivity index (χ0v) is 35.1. The fraction of sp³-hybridized carbons (Fsp3) is 0.444. The molecule has 3 aliphatic rings. The van der Waals surface area contributed by atoms with Gasteiger partial charge >= 0.3 is 0 Å². The van der Waals surface area contributed by atoms with Gasteiger partial charge in [0.2, 0.25) is 11.8 Å². The lowest BCUT2D eigenvalue weighted by Crippen LogP contribution is -2.54. The van der Waals surface area contributed by atoms with Gasteiger partial charge in [-0.05, 0) is 68.0 Å². The number of carbonyl (C=O) groups is 4. The lowest BCUT2D eigenvalue weighted by atomic mass is 9.82. The largest absolute Gasteiger partial charge is 0.382 e. The lowest BCUT2D eigenvalue weighted by Gasteiger charge is -2.28. The highest BCUT2D eigenvalue weighted by molar-refractivity contribution is 6.25. The molecule has 0 spiro atoms. The minimum absolute atomic E-state index is 0.0604. The highest BCUT2D eigenvalue weighted by atomic mass is 16.6. The number of benzene rings is 2. The van der Waals surface area contributed by atoms with Crippen molar-refractivity contribution >= 4 is 62.6 Å². The number of piperidine rings is 1. The van der Waals surface area contributed by atoms with Crippen LogP contribution in [0.5, 0.6) is 0 Å². The van der Waals surface area contributed by atoms with E-state index in [0.29, 0.717) is 94.3 Å². The van der Waals surface area contributed by atoms with Crippen LogP contribution >= 0.6 is 0 Å². The SMILES string of the molecule is N[C@H]1CCCC[C@H]1Cc1cc2nc[nH]c(=O)c2c(Nc2cccc3c2ccn3CCOCCOCCOCCOCCNc2cccc3c2C(=O)N(C2CCC(=O)NC2=O)C3=O)n1. The zero-order valence-electron chi connectivity index (χ0n) is 35.1. The van der Waals surface area contributed by atoms with E-state index in [2.05, 4.69) is 36.6 Å². The standard InChI is InChI=1S/C45H53N9O9/c46-32-7-2-1-5-28(32)25-29-26-35-40(43(57)49-27-48-35)41(50-29)51-33-8-4-10-36-30(33)13-15-53(36)16-18-61-20-22-63-24-23-62-21-19-60-17-14-47-34-9-3-6-31-39(34)45(59)54(44(31)58)37-11-12-38(55)52-42(37)56/h3-4,6,8-10,13,15,26-28,32,37,47H,1-2,5,7,11-12,14,16-25,46H2,(H,50,51)(H,48,49,57)(H,52,55,56)/t28-,32-,37?/m0/s1. The van der Waals surface area contributed by atoms with Gasteiger partial charge in [-0.2, -0.15) is 0 Å². The summed E-state index contributed by atoms with van der Waals surface area (Å²) in [6.45, 7) is 4.25. The predicted octanol–water partition coefficient (Wildman–Crippen LogP) is 3.66. The van der Waals surface area contributed by atoms with Gasteiger partial charge in [0.15, 0.2) is 0 Å². The van der Waals surface area contributed by atoms with Crippen molar-refractivity contribution in [3.05, 3.63) is 88.2 Å². The molecule has 1 saturated heterocycles. The Balaban J connectivity index is 0.708. The van der Waals surface area contributed by atoms with Crippen molar-refractivity contribution < 1.29 is 38.1 Å². The molecular formula is C45H53N9O9. The van der Waals surface area contributed by atoms with Crippen LogP contribution in [-0.4, -0.2) is 120 Å². The highest BCUT2D eigenvalue weighted by Gasteiger charge is 2.45. The van der Waals surface area contributed by atoms with Crippen molar-refractivity contribution in [1.29, 1.82) is 0 Å². The Hall–Kier alpha value is -6.05. The fourth-order valence-electron chi connectivity index (χ4n) is 8.59. The summed E-state index contributed by atoms with van der Waals surface area (Å²) >= 11 is 0. The Morgan fingerprint density at radius 2 is 1.54 bits per heavy atom. The molecule has 5 aromatic rings. The van der Waals surface area contributed by atoms with Gasteiger partial charge in [-0.25, -0.2) is 9.97 Å². The molecule has 18 heteroatoms. The Morgan fingerprint density at radius 3 is 2.32 bits per heavy atom. The quantitative estimate of drug-likeness (QED) is 0.0524. The number of hydrogen-bond acceptors (Lipinski definition) is 14. The number of carbonyl (C=O) groups excluding carboxylic acids is 4. The average Bonchev–Trinajstić information content (AvgIpc) is 3.81. The van der Waals surface area contributed by atoms with Gasteiger partial charge in [0.1, 0.15) is 17.2 Å². The van der Waals surface area contributed by atoms with Crippen molar-refractivity contribution in [2.24, 2.45) is 11.7 Å². The Morgan fingerprint density at radius 1 is 0.810 bits per heavy atom. The van der Waals surface area contributed by atoms with Crippen molar-refractivity contribution in [2.75, 3.05) is 70.0 Å². The molecule has 18 nitrogen and oxygen atoms in total. The van der Waals surface area contributed by atoms with Crippen molar-refractivity contribution in [2.45, 2.75) is 63.6 Å². The van der Waals surface area contributed by atoms with E-state index in [1.807, 2.05) is 30.5 Å². The van der Waals surface area contributed by atoms with Crippen LogP contribution < -0.4 is 27.2 Å². The Bertz CT molecular complexity index is 2520. The summed E-state index contributed by atoms with van der Waals surface area (Å²) in [5.74, 6) is -1.36. The number of anilines is 3. The minimum atomic E-state index is -1.02. The van der Waals surface area contributed by atoms with Crippen LogP contribution in [0.2, 0.25) is 0 Å². The molecule has 2 aliphatic heterocycles. The molecule has 0 radical (unpaired) electrons. The molecule has 4 amide bonds. The second-order valence-electron chi connectivity index (χ2n) is 15.9. The molecule has 63 heavy (non-hydrogen) atoms. The molecule has 1 aliphatic carbocycles. The normalized spacial score (nSPS) is 18.9. The van der Waals surface area contributed by atoms with E-state index in [-0.39, 0.29) is 35.6 Å². The van der Waals surface area contributed by atoms with Crippen molar-refractivity contribution in [3.8, 4) is 0 Å². The first-order chi connectivity index (χ1) is 30.8. The maximum absolute atomic E-state index is 13.2. The predicted molar refractivity (Wildman–Crippen MR) is 234 cm³/mol. The number of H-pyrrole nitrogens is 1. The smallest absolute Gasteiger partial charge is 0.264 e. The van der Waals surface area contributed by atoms with E-state index in [0.717, 1.165) is 52.9 Å². The van der Waals surface area contributed by atoms with Crippen LogP contribution in [0.25, 0.3) is 21.8 Å². The average molecular weight is 864 g/mol. The van der Waals surface area contributed by atoms with Gasteiger partial charge in [-0.3, -0.25) is 34.2 Å². The number of nitrogens with two attached hydrogens (primary N) is 1. The Labute approximate surface area is 363 Å². The number of amides is 4. The van der Waals surface area contributed by atoms with E-state index < -0.39 is 29.7 Å². The molecule has 8 rings (SSSR count). The maximum Gasteiger partial charge on any atom is 0.264 e. The number of nitrogens with one attached hydrogen (secondary N) is 4. The van der Waals surface area contributed by atoms with Gasteiger partial charge < -0.3 is 44.9 Å². The zero-order chi connectivity index (χ0) is 43.7. The third-order valence-electron chi connectivity index (χ3n) is 11.8. The molecule has 5 heterocycles. The van der Waals surface area contributed by atoms with E-state index in [9.17, 15) is 24.0 Å². The van der Waals surface area contributed by atoms with Crippen LogP contribution in [0.4, 0.5) is 17.2 Å². The van der Waals surface area contributed by atoms with Crippen LogP contribution in [0.3, 0.4) is 0 Å². The van der Waals surface area contributed by atoms with Gasteiger partial charge in [0.05, 0.1) is 81.3 Å². The summed E-state index contributed by atoms with van der Waals surface area (Å²) in [6.07, 6.45) is 8.77. The number of aromatic amines is 1. The molecule has 332 valence electrons. The summed E-state index contributed by atoms with van der Waals surface area (Å²) in [7, 11) is 0. The molecule has 3 atom stereocenters. The second-order valence-corrected chi connectivity index (χ2v) is 15.9. The molecular weight excluding hydrogens is 811 g/mol. The topological polar surface area (TPSA) is 234 Å². The van der Waals surface area contributed by atoms with E-state index in [1.54, 1.807) is 18.2 Å². The summed E-state index contributed by atoms with van der Waals surface area (Å²) in [4.78, 5) is 76.2. The van der Waals surface area contributed by atoms with E-state index in [1.165, 1.54) is 12.7 Å². The minimum Gasteiger partial charge on any atom is -0.382 e. The summed E-state index contributed by atoms with van der Waals surface area (Å²) < 4.78 is 24.9. The van der Waals surface area contributed by atoms with E-state index in [4.69, 9.17) is 29.7 Å². The number of fused-ring (bicyclic) bond motifs is 3. The molecule has 2 fully saturated rings. The van der Waals surface area contributed by atoms with Crippen molar-refractivity contribution in [3.63, 3.8) is 0 Å². The van der Waals surface area contributed by atoms with Gasteiger partial charge in [0.25, 0.3) is 17.4 Å². The van der Waals surface area contributed by atoms with Crippen LogP contribution in [0, 0.1) is 5.92 Å². The highest BCUT2D eigenvalue weighted by Crippen LogP contribution is 2.33. The summed E-state index contributed by atoms with van der Waals surface area (Å²) in [5, 5.41) is 10.2. The number of nitrogens with zero attached hydrogens (tertiary/aromatic N) is 4. The number of imide groups is 2. The Kier molecular flexibility index (Phi) is 14.1. The fourth-order valence-corrected chi connectivity index (χ4v) is 8.59. The first kappa shape index (κ1) is 43.6.